The molecule has 0 heterocycles. The van der Waals surface area contributed by atoms with Gasteiger partial charge >= 0.3 is 0 Å². The fourth-order valence-electron chi connectivity index (χ4n) is 2.78. The number of methoxy groups -OCH3 is 1. The topological polar surface area (TPSA) is 38.5 Å². The summed E-state index contributed by atoms with van der Waals surface area (Å²) in [6, 6.07) is 1.33. The predicted molar refractivity (Wildman–Crippen MR) is 68.5 cm³/mol. The summed E-state index contributed by atoms with van der Waals surface area (Å²) in [5.74, 6) is 0.863. The lowest BCUT2D eigenvalue weighted by Crippen LogP contribution is -2.53. The number of ether oxygens (including phenoxy) is 1. The van der Waals surface area contributed by atoms with E-state index < -0.39 is 0 Å². The summed E-state index contributed by atoms with van der Waals surface area (Å²) >= 11 is 0. The van der Waals surface area contributed by atoms with E-state index in [1.54, 1.807) is 7.11 Å². The lowest BCUT2D eigenvalue weighted by Gasteiger charge is -2.42. The van der Waals surface area contributed by atoms with Gasteiger partial charge in [0.15, 0.2) is 0 Å². The Morgan fingerprint density at radius 1 is 1.44 bits per heavy atom. The number of hydrogen-bond donors (Lipinski definition) is 1. The maximum atomic E-state index is 6.25. The minimum atomic E-state index is 0.340. The molecule has 0 aliphatic heterocycles. The number of nitrogens with zero attached hydrogens (tertiary/aromatic N) is 1. The molecule has 0 aromatic carbocycles. The Labute approximate surface area is 100 Å². The number of likely N-dealkylation sites (N-methyl/N-ethyl adjacent to an activating group) is 1. The third-order valence-electron chi connectivity index (χ3n) is 4.18. The molecule has 1 aliphatic carbocycles. The zero-order valence-corrected chi connectivity index (χ0v) is 11.3. The van der Waals surface area contributed by atoms with E-state index >= 15 is 0 Å². The van der Waals surface area contributed by atoms with Crippen LogP contribution in [0.25, 0.3) is 0 Å². The Morgan fingerprint density at radius 2 is 2.12 bits per heavy atom. The van der Waals surface area contributed by atoms with Crippen LogP contribution in [-0.4, -0.2) is 43.8 Å². The standard InChI is InChI=1S/C13H28N2O/c1-5-11-6-7-12(14)13(8-11)15(3)10(2)9-16-4/h10-13H,5-9,14H2,1-4H3. The van der Waals surface area contributed by atoms with Gasteiger partial charge in [-0.05, 0) is 39.2 Å². The lowest BCUT2D eigenvalue weighted by atomic mass is 9.80. The van der Waals surface area contributed by atoms with E-state index in [1.165, 1.54) is 25.7 Å². The van der Waals surface area contributed by atoms with Crippen molar-refractivity contribution in [2.45, 2.75) is 57.7 Å². The summed E-state index contributed by atoms with van der Waals surface area (Å²) in [5, 5.41) is 0. The van der Waals surface area contributed by atoms with Crippen molar-refractivity contribution >= 4 is 0 Å². The molecule has 1 rings (SSSR count). The van der Waals surface area contributed by atoms with Gasteiger partial charge in [-0.15, -0.1) is 0 Å². The van der Waals surface area contributed by atoms with Crippen molar-refractivity contribution in [3.63, 3.8) is 0 Å². The Balaban J connectivity index is 2.54. The molecule has 0 radical (unpaired) electrons. The summed E-state index contributed by atoms with van der Waals surface area (Å²) in [7, 11) is 3.95. The fourth-order valence-corrected chi connectivity index (χ4v) is 2.78. The average molecular weight is 228 g/mol. The molecule has 4 unspecified atom stereocenters. The first kappa shape index (κ1) is 13.9. The normalized spacial score (nSPS) is 33.0. The van der Waals surface area contributed by atoms with Gasteiger partial charge in [0, 0.05) is 25.2 Å². The van der Waals surface area contributed by atoms with E-state index in [0.717, 1.165) is 12.5 Å². The van der Waals surface area contributed by atoms with Crippen LogP contribution in [-0.2, 0) is 4.74 Å². The monoisotopic (exact) mass is 228 g/mol. The van der Waals surface area contributed by atoms with Crippen LogP contribution in [0.3, 0.4) is 0 Å². The zero-order valence-electron chi connectivity index (χ0n) is 11.3. The van der Waals surface area contributed by atoms with E-state index in [0.29, 0.717) is 18.1 Å². The summed E-state index contributed by atoms with van der Waals surface area (Å²) in [4.78, 5) is 2.41. The molecule has 0 bridgehead atoms. The van der Waals surface area contributed by atoms with Gasteiger partial charge in [0.2, 0.25) is 0 Å². The summed E-state index contributed by atoms with van der Waals surface area (Å²) in [5.41, 5.74) is 6.25. The highest BCUT2D eigenvalue weighted by atomic mass is 16.5. The first-order valence-electron chi connectivity index (χ1n) is 6.56. The van der Waals surface area contributed by atoms with Crippen molar-refractivity contribution in [2.75, 3.05) is 20.8 Å². The molecule has 0 amide bonds. The number of nitrogens with two attached hydrogens (primary N) is 1. The van der Waals surface area contributed by atoms with Gasteiger partial charge in [-0.1, -0.05) is 13.3 Å². The van der Waals surface area contributed by atoms with Crippen molar-refractivity contribution in [3.05, 3.63) is 0 Å². The van der Waals surface area contributed by atoms with Crippen molar-refractivity contribution in [3.8, 4) is 0 Å². The van der Waals surface area contributed by atoms with Crippen LogP contribution in [0.5, 0.6) is 0 Å². The largest absolute Gasteiger partial charge is 0.383 e. The highest BCUT2D eigenvalue weighted by Gasteiger charge is 2.31. The van der Waals surface area contributed by atoms with Crippen LogP contribution in [0.2, 0.25) is 0 Å². The first-order chi connectivity index (χ1) is 7.60. The van der Waals surface area contributed by atoms with Crippen LogP contribution in [0, 0.1) is 5.92 Å². The minimum Gasteiger partial charge on any atom is -0.383 e. The minimum absolute atomic E-state index is 0.340. The second kappa shape index (κ2) is 6.58. The highest BCUT2D eigenvalue weighted by Crippen LogP contribution is 2.29. The van der Waals surface area contributed by atoms with Crippen molar-refractivity contribution in [1.29, 1.82) is 0 Å². The molecule has 4 atom stereocenters. The van der Waals surface area contributed by atoms with Gasteiger partial charge in [-0.2, -0.15) is 0 Å². The summed E-state index contributed by atoms with van der Waals surface area (Å²) in [6.45, 7) is 5.29. The molecule has 0 spiro atoms. The molecule has 0 aromatic rings. The Kier molecular flexibility index (Phi) is 5.73. The molecule has 1 fully saturated rings. The summed E-state index contributed by atoms with van der Waals surface area (Å²) in [6.07, 6.45) is 5.02. The molecule has 16 heavy (non-hydrogen) atoms. The molecule has 1 aliphatic rings. The Hall–Kier alpha value is -0.120. The van der Waals surface area contributed by atoms with Gasteiger partial charge < -0.3 is 10.5 Å². The second-order valence-electron chi connectivity index (χ2n) is 5.29. The number of hydrogen-bond acceptors (Lipinski definition) is 3. The van der Waals surface area contributed by atoms with Crippen LogP contribution in [0.1, 0.15) is 39.5 Å². The van der Waals surface area contributed by atoms with Gasteiger partial charge in [0.25, 0.3) is 0 Å². The third-order valence-corrected chi connectivity index (χ3v) is 4.18. The van der Waals surface area contributed by atoms with Crippen molar-refractivity contribution < 1.29 is 4.74 Å². The van der Waals surface area contributed by atoms with Crippen LogP contribution < -0.4 is 5.73 Å². The molecular formula is C13H28N2O. The van der Waals surface area contributed by atoms with Crippen molar-refractivity contribution in [2.24, 2.45) is 11.7 Å². The maximum Gasteiger partial charge on any atom is 0.0615 e. The van der Waals surface area contributed by atoms with Gasteiger partial charge in [-0.3, -0.25) is 4.90 Å². The smallest absolute Gasteiger partial charge is 0.0615 e. The Morgan fingerprint density at radius 3 is 2.69 bits per heavy atom. The van der Waals surface area contributed by atoms with Crippen LogP contribution in [0.15, 0.2) is 0 Å². The third kappa shape index (κ3) is 3.44. The molecular weight excluding hydrogens is 200 g/mol. The second-order valence-corrected chi connectivity index (χ2v) is 5.29. The molecule has 3 nitrogen and oxygen atoms in total. The van der Waals surface area contributed by atoms with E-state index in [4.69, 9.17) is 10.5 Å². The molecule has 1 saturated carbocycles. The molecule has 3 heteroatoms. The molecule has 2 N–H and O–H groups in total. The predicted octanol–water partition coefficient (Wildman–Crippen LogP) is 1.86. The lowest BCUT2D eigenvalue weighted by molar-refractivity contribution is 0.0557. The summed E-state index contributed by atoms with van der Waals surface area (Å²) < 4.78 is 5.22. The van der Waals surface area contributed by atoms with E-state index in [9.17, 15) is 0 Å². The van der Waals surface area contributed by atoms with Gasteiger partial charge in [0.1, 0.15) is 0 Å². The fraction of sp³-hybridized carbons (Fsp3) is 1.00. The van der Waals surface area contributed by atoms with Gasteiger partial charge in [0.05, 0.1) is 6.61 Å². The van der Waals surface area contributed by atoms with Crippen LogP contribution >= 0.6 is 0 Å². The quantitative estimate of drug-likeness (QED) is 0.780. The SMILES string of the molecule is CCC1CCC(N)C(N(C)C(C)COC)C1. The first-order valence-corrected chi connectivity index (χ1v) is 6.56. The van der Waals surface area contributed by atoms with Crippen molar-refractivity contribution in [1.82, 2.24) is 4.90 Å². The van der Waals surface area contributed by atoms with E-state index in [2.05, 4.69) is 25.8 Å². The average Bonchev–Trinajstić information content (AvgIpc) is 2.29. The zero-order chi connectivity index (χ0) is 12.1. The molecule has 96 valence electrons. The highest BCUT2D eigenvalue weighted by molar-refractivity contribution is 4.89. The number of rotatable bonds is 5. The van der Waals surface area contributed by atoms with E-state index in [1.807, 2.05) is 0 Å². The maximum absolute atomic E-state index is 6.25. The van der Waals surface area contributed by atoms with Gasteiger partial charge in [-0.25, -0.2) is 0 Å². The van der Waals surface area contributed by atoms with Crippen LogP contribution in [0.4, 0.5) is 0 Å². The molecule has 0 saturated heterocycles. The van der Waals surface area contributed by atoms with E-state index in [-0.39, 0.29) is 0 Å². The Bertz CT molecular complexity index is 198. The molecule has 0 aromatic heterocycles.